The predicted octanol–water partition coefficient (Wildman–Crippen LogP) is 5.15. The number of nitrogen functional groups attached to an aromatic ring is 2. The van der Waals surface area contributed by atoms with Gasteiger partial charge in [0.2, 0.25) is 0 Å². The number of aliphatic hydroxyl groups is 2. The molecule has 0 aliphatic carbocycles. The molecule has 0 bridgehead atoms. The van der Waals surface area contributed by atoms with Crippen LogP contribution in [0.5, 0.6) is 0 Å². The van der Waals surface area contributed by atoms with Crippen molar-refractivity contribution in [2.75, 3.05) is 25.6 Å². The van der Waals surface area contributed by atoms with Crippen LogP contribution in [0, 0.1) is 0 Å². The molecule has 13 heteroatoms. The van der Waals surface area contributed by atoms with Crippen molar-refractivity contribution < 1.29 is 15.7 Å². The number of aliphatic hydroxyl groups excluding tert-OH is 2. The third-order valence-corrected chi connectivity index (χ3v) is 9.80. The molecule has 2 atom stereocenters. The van der Waals surface area contributed by atoms with Gasteiger partial charge in [0.15, 0.2) is 11.6 Å². The number of rotatable bonds is 10. The third-order valence-electron chi connectivity index (χ3n) is 9.80. The van der Waals surface area contributed by atoms with Crippen LogP contribution in [-0.4, -0.2) is 81.1 Å². The Hall–Kier alpha value is -5.96. The molecule has 0 aliphatic heterocycles. The summed E-state index contributed by atoms with van der Waals surface area (Å²) >= 11 is 0. The van der Waals surface area contributed by atoms with Crippen molar-refractivity contribution in [1.29, 1.82) is 0 Å². The lowest BCUT2D eigenvalue weighted by Gasteiger charge is -2.20. The topological polar surface area (TPSA) is 192 Å². The Bertz CT molecular complexity index is 2360. The number of fused-ring (bicyclic) bond motifs is 6. The Balaban J connectivity index is 0.000000184. The molecule has 2 unspecified atom stereocenters. The summed E-state index contributed by atoms with van der Waals surface area (Å²) in [5.41, 5.74) is 19.9. The van der Waals surface area contributed by atoms with E-state index in [-0.39, 0.29) is 5.48 Å². The van der Waals surface area contributed by atoms with Crippen molar-refractivity contribution in [2.24, 2.45) is 0 Å². The van der Waals surface area contributed by atoms with Gasteiger partial charge in [-0.15, -0.1) is 0 Å². The molecule has 4 aromatic carbocycles. The second-order valence-electron chi connectivity index (χ2n) is 13.7. The Morgan fingerprint density at radius 1 is 0.545 bits per heavy atom. The molecule has 284 valence electrons. The van der Waals surface area contributed by atoms with E-state index in [2.05, 4.69) is 55.5 Å². The van der Waals surface area contributed by atoms with Crippen LogP contribution in [0.1, 0.15) is 36.6 Å². The highest BCUT2D eigenvalue weighted by molar-refractivity contribution is 6.07. The van der Waals surface area contributed by atoms with Crippen LogP contribution in [0.4, 0.5) is 11.6 Å². The number of pyridine rings is 2. The average Bonchev–Trinajstić information content (AvgIpc) is 3.71. The normalized spacial score (nSPS) is 12.7. The number of benzene rings is 4. The van der Waals surface area contributed by atoms with Crippen molar-refractivity contribution in [2.45, 2.75) is 52.5 Å². The van der Waals surface area contributed by atoms with Gasteiger partial charge in [-0.1, -0.05) is 97.1 Å². The first-order valence-corrected chi connectivity index (χ1v) is 18.0. The maximum absolute atomic E-state index is 9.92. The number of nitrogens with zero attached hydrogens (tertiary/aromatic N) is 8. The lowest BCUT2D eigenvalue weighted by atomic mass is 10.1. The van der Waals surface area contributed by atoms with E-state index in [0.29, 0.717) is 48.8 Å². The van der Waals surface area contributed by atoms with Crippen LogP contribution in [-0.2, 0) is 26.2 Å². The highest BCUT2D eigenvalue weighted by Gasteiger charge is 2.21. The van der Waals surface area contributed by atoms with Gasteiger partial charge in [0.1, 0.15) is 35.1 Å². The van der Waals surface area contributed by atoms with Gasteiger partial charge in [-0.25, -0.2) is 19.9 Å². The molecule has 0 amide bonds. The molecule has 8 N–H and O–H groups in total. The van der Waals surface area contributed by atoms with Crippen LogP contribution in [0.25, 0.3) is 43.9 Å². The largest absolute Gasteiger partial charge is 0.412 e. The first-order valence-electron chi connectivity index (χ1n) is 18.0. The number of anilines is 2. The van der Waals surface area contributed by atoms with Crippen LogP contribution in [0.3, 0.4) is 0 Å². The molecular formula is C42H48N10O3. The predicted molar refractivity (Wildman–Crippen MR) is 220 cm³/mol. The van der Waals surface area contributed by atoms with E-state index in [9.17, 15) is 10.2 Å². The third kappa shape index (κ3) is 8.11. The zero-order chi connectivity index (χ0) is 37.9. The van der Waals surface area contributed by atoms with Crippen LogP contribution in [0.2, 0.25) is 0 Å². The van der Waals surface area contributed by atoms with Gasteiger partial charge in [-0.05, 0) is 51.2 Å². The van der Waals surface area contributed by atoms with E-state index in [1.807, 2.05) is 96.7 Å². The molecule has 0 saturated heterocycles. The lowest BCUT2D eigenvalue weighted by molar-refractivity contribution is 0.0305. The molecule has 55 heavy (non-hydrogen) atoms. The number of para-hydroxylation sites is 2. The number of hydrogen-bond donors (Lipinski definition) is 4. The first kappa shape index (κ1) is 38.8. The summed E-state index contributed by atoms with van der Waals surface area (Å²) in [6.07, 6.45) is -1.13. The summed E-state index contributed by atoms with van der Waals surface area (Å²) in [4.78, 5) is 22.3. The van der Waals surface area contributed by atoms with E-state index in [4.69, 9.17) is 21.4 Å². The molecule has 13 nitrogen and oxygen atoms in total. The Kier molecular flexibility index (Phi) is 11.7. The van der Waals surface area contributed by atoms with Crippen molar-refractivity contribution in [3.8, 4) is 0 Å². The Morgan fingerprint density at radius 3 is 1.25 bits per heavy atom. The van der Waals surface area contributed by atoms with Gasteiger partial charge >= 0.3 is 0 Å². The molecular weight excluding hydrogens is 693 g/mol. The quantitative estimate of drug-likeness (QED) is 0.137. The van der Waals surface area contributed by atoms with E-state index in [1.165, 1.54) is 11.1 Å². The summed E-state index contributed by atoms with van der Waals surface area (Å²) in [5, 5.41) is 21.9. The Morgan fingerprint density at radius 2 is 0.891 bits per heavy atom. The maximum atomic E-state index is 9.92. The highest BCUT2D eigenvalue weighted by Crippen LogP contribution is 2.31. The number of imidazole rings is 2. The minimum atomic E-state index is -0.567. The average molecular weight is 741 g/mol. The first-order chi connectivity index (χ1) is 26.1. The summed E-state index contributed by atoms with van der Waals surface area (Å²) < 4.78 is 4.37. The van der Waals surface area contributed by atoms with Gasteiger partial charge in [-0.2, -0.15) is 0 Å². The van der Waals surface area contributed by atoms with Gasteiger partial charge in [0.05, 0.1) is 35.2 Å². The Labute approximate surface area is 319 Å². The van der Waals surface area contributed by atoms with Gasteiger partial charge in [0.25, 0.3) is 0 Å². The standard InChI is InChI=1S/2C21H23N5O.H2O/c2*1-14(27)25(2)13-18-24-19-20(26(18)12-15-8-4-3-5-9-15)16-10-6-7-11-17(16)23-21(19)22;/h2*3-11,14,27H,12-13H2,1-2H3,(H2,22,23);1H2. The van der Waals surface area contributed by atoms with E-state index >= 15 is 0 Å². The molecule has 8 rings (SSSR count). The SMILES string of the molecule is CC(O)N(C)Cc1nc2c(N)nc3ccccc3c2n1Cc1ccccc1.CC(O)N(C)Cc1nc2c(N)nc3ccccc3c2n1Cc1ccccc1.O. The maximum Gasteiger partial charge on any atom is 0.152 e. The molecule has 4 aromatic heterocycles. The smallest absolute Gasteiger partial charge is 0.152 e. The fourth-order valence-electron chi connectivity index (χ4n) is 6.63. The van der Waals surface area contributed by atoms with Gasteiger partial charge in [0, 0.05) is 23.9 Å². The minimum absolute atomic E-state index is 0. The number of hydrogen-bond acceptors (Lipinski definition) is 10. The van der Waals surface area contributed by atoms with Gasteiger partial charge < -0.3 is 36.3 Å². The molecule has 0 fully saturated rings. The molecule has 4 heterocycles. The highest BCUT2D eigenvalue weighted by atomic mass is 16.3. The van der Waals surface area contributed by atoms with E-state index in [1.54, 1.807) is 13.8 Å². The fourth-order valence-corrected chi connectivity index (χ4v) is 6.63. The zero-order valence-corrected chi connectivity index (χ0v) is 31.5. The molecule has 0 aliphatic rings. The summed E-state index contributed by atoms with van der Waals surface area (Å²) in [6, 6.07) is 36.5. The monoisotopic (exact) mass is 740 g/mol. The zero-order valence-electron chi connectivity index (χ0n) is 31.5. The van der Waals surface area contributed by atoms with Crippen molar-refractivity contribution in [3.05, 3.63) is 132 Å². The van der Waals surface area contributed by atoms with Crippen molar-refractivity contribution in [1.82, 2.24) is 38.9 Å². The van der Waals surface area contributed by atoms with Crippen molar-refractivity contribution >= 4 is 55.5 Å². The van der Waals surface area contributed by atoms with Crippen LogP contribution < -0.4 is 11.5 Å². The number of aromatic nitrogens is 6. The summed E-state index contributed by atoms with van der Waals surface area (Å²) in [7, 11) is 3.74. The van der Waals surface area contributed by atoms with Crippen LogP contribution in [0.15, 0.2) is 109 Å². The fraction of sp³-hybridized carbons (Fsp3) is 0.238. The molecule has 0 spiro atoms. The van der Waals surface area contributed by atoms with Gasteiger partial charge in [-0.3, -0.25) is 9.80 Å². The number of nitrogens with two attached hydrogens (primary N) is 2. The van der Waals surface area contributed by atoms with E-state index in [0.717, 1.165) is 44.5 Å². The second kappa shape index (κ2) is 16.6. The summed E-state index contributed by atoms with van der Waals surface area (Å²) in [5.74, 6) is 2.55. The second-order valence-corrected chi connectivity index (χ2v) is 13.7. The summed E-state index contributed by atoms with van der Waals surface area (Å²) in [6.45, 7) is 5.85. The molecule has 0 saturated carbocycles. The lowest BCUT2D eigenvalue weighted by Crippen LogP contribution is -2.29. The molecule has 8 aromatic rings. The van der Waals surface area contributed by atoms with Crippen molar-refractivity contribution in [3.63, 3.8) is 0 Å². The molecule has 0 radical (unpaired) electrons. The van der Waals surface area contributed by atoms with E-state index < -0.39 is 12.5 Å². The minimum Gasteiger partial charge on any atom is -0.412 e. The van der Waals surface area contributed by atoms with Crippen LogP contribution >= 0.6 is 0 Å².